The fourth-order valence-corrected chi connectivity index (χ4v) is 3.88. The number of hydrogen-bond acceptors (Lipinski definition) is 4. The summed E-state index contributed by atoms with van der Waals surface area (Å²) in [5, 5.41) is 13.0. The first-order valence-electron chi connectivity index (χ1n) is 10.4. The number of nitrogens with one attached hydrogen (secondary N) is 1. The van der Waals surface area contributed by atoms with Crippen molar-refractivity contribution in [2.45, 2.75) is 77.2 Å². The number of ether oxygens (including phenoxy) is 1. The summed E-state index contributed by atoms with van der Waals surface area (Å²) in [6, 6.07) is 7.34. The van der Waals surface area contributed by atoms with Gasteiger partial charge in [0.2, 0.25) is 6.04 Å². The number of nitrogens with zero attached hydrogens (tertiary/aromatic N) is 1. The summed E-state index contributed by atoms with van der Waals surface area (Å²) >= 11 is 0. The number of unbranched alkanes of at least 4 members (excludes halogenated alkanes) is 3. The molecule has 0 aliphatic rings. The number of H-pyrrole nitrogens is 1. The minimum absolute atomic E-state index is 0.122. The maximum atomic E-state index is 11.9. The van der Waals surface area contributed by atoms with Crippen LogP contribution in [-0.2, 0) is 9.53 Å². The van der Waals surface area contributed by atoms with E-state index in [2.05, 4.69) is 11.9 Å². The fourth-order valence-electron chi connectivity index (χ4n) is 3.88. The second-order valence-corrected chi connectivity index (χ2v) is 7.30. The van der Waals surface area contributed by atoms with E-state index < -0.39 is 6.04 Å². The van der Waals surface area contributed by atoms with Crippen LogP contribution in [0.3, 0.4) is 0 Å². The molecule has 1 aromatic heterocycles. The summed E-state index contributed by atoms with van der Waals surface area (Å²) in [5.74, 6) is -0.350. The Bertz CT molecular complexity index is 756. The van der Waals surface area contributed by atoms with Gasteiger partial charge < -0.3 is 9.72 Å². The molecule has 0 fully saturated rings. The molecule has 6 heteroatoms. The van der Waals surface area contributed by atoms with Gasteiger partial charge in [0.15, 0.2) is 0 Å². The summed E-state index contributed by atoms with van der Waals surface area (Å²) in [7, 11) is 0. The molecule has 0 aliphatic carbocycles. The zero-order chi connectivity index (χ0) is 20.4. The van der Waals surface area contributed by atoms with E-state index in [1.54, 1.807) is 6.92 Å². The molecule has 0 spiro atoms. The van der Waals surface area contributed by atoms with Crippen molar-refractivity contribution in [1.29, 1.82) is 0 Å². The van der Waals surface area contributed by atoms with Crippen LogP contribution < -0.4 is 0 Å². The topological polar surface area (TPSA) is 85.2 Å². The molecule has 28 heavy (non-hydrogen) atoms. The third-order valence-corrected chi connectivity index (χ3v) is 5.31. The molecule has 2 rings (SSSR count). The highest BCUT2D eigenvalue weighted by Crippen LogP contribution is 2.35. The zero-order valence-corrected chi connectivity index (χ0v) is 17.0. The van der Waals surface area contributed by atoms with Crippen LogP contribution in [0.1, 0.15) is 76.7 Å². The number of aromatic amines is 1. The minimum atomic E-state index is -0.641. The summed E-state index contributed by atoms with van der Waals surface area (Å²) in [6.07, 6.45) is 7.96. The lowest BCUT2D eigenvalue weighted by molar-refractivity contribution is -0.528. The molecule has 1 N–H and O–H groups in total. The molecule has 0 aliphatic heterocycles. The highest BCUT2D eigenvalue weighted by atomic mass is 16.6. The Hall–Kier alpha value is -2.37. The zero-order valence-electron chi connectivity index (χ0n) is 17.0. The summed E-state index contributed by atoms with van der Waals surface area (Å²) < 4.78 is 4.94. The first-order chi connectivity index (χ1) is 13.6. The van der Waals surface area contributed by atoms with E-state index >= 15 is 0 Å². The number of para-hydroxylation sites is 1. The predicted octanol–water partition coefficient (Wildman–Crippen LogP) is 5.60. The molecular weight excluding hydrogens is 356 g/mol. The van der Waals surface area contributed by atoms with Crippen LogP contribution in [0.5, 0.6) is 0 Å². The van der Waals surface area contributed by atoms with Gasteiger partial charge in [0.25, 0.3) is 0 Å². The summed E-state index contributed by atoms with van der Waals surface area (Å²) in [4.78, 5) is 26.6. The van der Waals surface area contributed by atoms with Crippen LogP contribution in [-0.4, -0.2) is 28.5 Å². The Morgan fingerprint density at radius 3 is 2.61 bits per heavy atom. The van der Waals surface area contributed by atoms with Crippen molar-refractivity contribution >= 4 is 16.9 Å². The van der Waals surface area contributed by atoms with Crippen molar-refractivity contribution in [3.8, 4) is 0 Å². The minimum Gasteiger partial charge on any atom is -0.466 e. The largest absolute Gasteiger partial charge is 0.466 e. The van der Waals surface area contributed by atoms with Gasteiger partial charge in [-0.2, -0.15) is 0 Å². The first-order valence-corrected chi connectivity index (χ1v) is 10.4. The number of hydrogen-bond donors (Lipinski definition) is 1. The van der Waals surface area contributed by atoms with Crippen molar-refractivity contribution in [1.82, 2.24) is 4.98 Å². The average Bonchev–Trinajstić information content (AvgIpc) is 3.10. The van der Waals surface area contributed by atoms with Crippen molar-refractivity contribution in [3.05, 3.63) is 46.1 Å². The number of fused-ring (bicyclic) bond motifs is 1. The molecule has 6 nitrogen and oxygen atoms in total. The Balaban J connectivity index is 2.13. The lowest BCUT2D eigenvalue weighted by Gasteiger charge is -2.21. The molecule has 2 unspecified atom stereocenters. The molecule has 2 atom stereocenters. The van der Waals surface area contributed by atoms with Crippen LogP contribution in [0.4, 0.5) is 0 Å². The number of carbonyl (C=O) groups excluding carboxylic acids is 1. The first kappa shape index (κ1) is 21.9. The van der Waals surface area contributed by atoms with E-state index in [1.165, 1.54) is 0 Å². The van der Waals surface area contributed by atoms with Gasteiger partial charge in [0.05, 0.1) is 12.5 Å². The van der Waals surface area contributed by atoms with E-state index in [0.717, 1.165) is 42.1 Å². The second-order valence-electron chi connectivity index (χ2n) is 7.30. The average molecular weight is 389 g/mol. The van der Waals surface area contributed by atoms with Crippen molar-refractivity contribution in [3.63, 3.8) is 0 Å². The molecule has 154 valence electrons. The second kappa shape index (κ2) is 11.5. The van der Waals surface area contributed by atoms with Crippen molar-refractivity contribution in [2.75, 3.05) is 6.61 Å². The number of aromatic nitrogens is 1. The molecule has 2 aromatic rings. The van der Waals surface area contributed by atoms with Crippen LogP contribution in [0, 0.1) is 10.1 Å². The lowest BCUT2D eigenvalue weighted by atomic mass is 9.84. The SMILES string of the molecule is CCCCCC(c1c[nH]c2ccccc12)C(CCCCC(=O)OCC)[N+](=O)[O-]. The number of carbonyl (C=O) groups is 1. The van der Waals surface area contributed by atoms with Gasteiger partial charge in [-0.05, 0) is 37.8 Å². The standard InChI is InChI=1S/C22H32N2O4/c1-3-5-6-12-18(19-16-23-20-13-8-7-11-17(19)20)21(24(26)27)14-9-10-15-22(25)28-4-2/h7-8,11,13,16,18,21,23H,3-6,9-10,12,14-15H2,1-2H3. The number of rotatable bonds is 13. The fraction of sp³-hybridized carbons (Fsp3) is 0.591. The highest BCUT2D eigenvalue weighted by molar-refractivity contribution is 5.83. The molecular formula is C22H32N2O4. The van der Waals surface area contributed by atoms with E-state index in [9.17, 15) is 14.9 Å². The predicted molar refractivity (Wildman–Crippen MR) is 111 cm³/mol. The highest BCUT2D eigenvalue weighted by Gasteiger charge is 2.33. The maximum absolute atomic E-state index is 11.9. The van der Waals surface area contributed by atoms with Gasteiger partial charge in [-0.15, -0.1) is 0 Å². The molecule has 0 bridgehead atoms. The van der Waals surface area contributed by atoms with Gasteiger partial charge in [0, 0.05) is 34.9 Å². The summed E-state index contributed by atoms with van der Waals surface area (Å²) in [6.45, 7) is 4.29. The summed E-state index contributed by atoms with van der Waals surface area (Å²) in [5.41, 5.74) is 2.06. The number of esters is 1. The molecule has 0 saturated carbocycles. The van der Waals surface area contributed by atoms with Crippen LogP contribution >= 0.6 is 0 Å². The van der Waals surface area contributed by atoms with E-state index in [4.69, 9.17) is 4.74 Å². The Kier molecular flexibility index (Phi) is 8.98. The molecule has 1 heterocycles. The molecule has 0 radical (unpaired) electrons. The van der Waals surface area contributed by atoms with E-state index in [1.807, 2.05) is 30.5 Å². The molecule has 0 saturated heterocycles. The third kappa shape index (κ3) is 6.08. The van der Waals surface area contributed by atoms with Gasteiger partial charge in [-0.1, -0.05) is 44.4 Å². The molecule has 0 amide bonds. The van der Waals surface area contributed by atoms with E-state index in [-0.39, 0.29) is 16.8 Å². The van der Waals surface area contributed by atoms with Crippen molar-refractivity contribution < 1.29 is 14.5 Å². The normalized spacial score (nSPS) is 13.4. The van der Waals surface area contributed by atoms with Crippen LogP contribution in [0.15, 0.2) is 30.5 Å². The Labute approximate surface area is 166 Å². The van der Waals surface area contributed by atoms with Gasteiger partial charge in [-0.3, -0.25) is 14.9 Å². The molecule has 1 aromatic carbocycles. The Morgan fingerprint density at radius 2 is 1.89 bits per heavy atom. The van der Waals surface area contributed by atoms with Gasteiger partial charge in [-0.25, -0.2) is 0 Å². The third-order valence-electron chi connectivity index (χ3n) is 5.31. The van der Waals surface area contributed by atoms with Gasteiger partial charge >= 0.3 is 5.97 Å². The van der Waals surface area contributed by atoms with Crippen LogP contribution in [0.2, 0.25) is 0 Å². The number of nitro groups is 1. The van der Waals surface area contributed by atoms with Gasteiger partial charge in [0.1, 0.15) is 0 Å². The lowest BCUT2D eigenvalue weighted by Crippen LogP contribution is -2.28. The quantitative estimate of drug-likeness (QED) is 0.209. The number of benzene rings is 1. The monoisotopic (exact) mass is 388 g/mol. The van der Waals surface area contributed by atoms with Crippen molar-refractivity contribution in [2.24, 2.45) is 0 Å². The van der Waals surface area contributed by atoms with Crippen LogP contribution in [0.25, 0.3) is 10.9 Å². The van der Waals surface area contributed by atoms with E-state index in [0.29, 0.717) is 32.3 Å². The Morgan fingerprint density at radius 1 is 1.14 bits per heavy atom. The smallest absolute Gasteiger partial charge is 0.305 e. The maximum Gasteiger partial charge on any atom is 0.305 e.